The molecule has 4 nitrogen and oxygen atoms in total. The lowest BCUT2D eigenvalue weighted by Crippen LogP contribution is -2.13. The summed E-state index contributed by atoms with van der Waals surface area (Å²) in [5, 5.41) is 2.81. The lowest BCUT2D eigenvalue weighted by Gasteiger charge is -2.08. The first-order valence-electron chi connectivity index (χ1n) is 5.85. The summed E-state index contributed by atoms with van der Waals surface area (Å²) in [4.78, 5) is 11.5. The zero-order valence-corrected chi connectivity index (χ0v) is 10.4. The van der Waals surface area contributed by atoms with Gasteiger partial charge in [-0.05, 0) is 44.5 Å². The van der Waals surface area contributed by atoms with Gasteiger partial charge in [0.05, 0.1) is 6.10 Å². The summed E-state index contributed by atoms with van der Waals surface area (Å²) in [6, 6.07) is 7.10. The molecular formula is C13H20N2O2. The maximum atomic E-state index is 11.5. The van der Waals surface area contributed by atoms with Crippen molar-refractivity contribution in [3.8, 4) is 0 Å². The summed E-state index contributed by atoms with van der Waals surface area (Å²) >= 11 is 0. The highest BCUT2D eigenvalue weighted by Gasteiger charge is 2.02. The van der Waals surface area contributed by atoms with Gasteiger partial charge in [0, 0.05) is 24.4 Å². The third-order valence-electron chi connectivity index (χ3n) is 2.19. The first kappa shape index (κ1) is 13.5. The normalized spacial score (nSPS) is 10.5. The van der Waals surface area contributed by atoms with E-state index in [0.29, 0.717) is 18.7 Å². The monoisotopic (exact) mass is 236 g/mol. The van der Waals surface area contributed by atoms with Gasteiger partial charge in [-0.25, -0.2) is 0 Å². The third-order valence-corrected chi connectivity index (χ3v) is 2.19. The second kappa shape index (κ2) is 6.91. The average Bonchev–Trinajstić information content (AvgIpc) is 2.27. The number of anilines is 2. The van der Waals surface area contributed by atoms with E-state index in [0.717, 1.165) is 12.1 Å². The molecule has 0 radical (unpaired) electrons. The molecule has 0 bridgehead atoms. The lowest BCUT2D eigenvalue weighted by molar-refractivity contribution is -0.116. The van der Waals surface area contributed by atoms with Crippen LogP contribution < -0.4 is 11.1 Å². The number of benzene rings is 1. The molecule has 3 N–H and O–H groups in total. The van der Waals surface area contributed by atoms with E-state index in [1.165, 1.54) is 0 Å². The summed E-state index contributed by atoms with van der Waals surface area (Å²) in [6.45, 7) is 4.58. The molecule has 0 aliphatic heterocycles. The van der Waals surface area contributed by atoms with E-state index in [4.69, 9.17) is 10.5 Å². The quantitative estimate of drug-likeness (QED) is 0.589. The fourth-order valence-corrected chi connectivity index (χ4v) is 1.34. The zero-order valence-electron chi connectivity index (χ0n) is 10.4. The van der Waals surface area contributed by atoms with Crippen LogP contribution in [0.2, 0.25) is 0 Å². The second-order valence-electron chi connectivity index (χ2n) is 4.19. The van der Waals surface area contributed by atoms with E-state index in [9.17, 15) is 4.79 Å². The molecule has 0 spiro atoms. The van der Waals surface area contributed by atoms with Crippen molar-refractivity contribution >= 4 is 17.3 Å². The number of nitrogens with two attached hydrogens (primary N) is 1. The van der Waals surface area contributed by atoms with Gasteiger partial charge in [0.25, 0.3) is 0 Å². The Kier molecular flexibility index (Phi) is 5.49. The van der Waals surface area contributed by atoms with Crippen LogP contribution in [0.1, 0.15) is 26.7 Å². The van der Waals surface area contributed by atoms with E-state index in [1.807, 2.05) is 13.8 Å². The molecule has 0 saturated carbocycles. The molecule has 0 aromatic heterocycles. The van der Waals surface area contributed by atoms with Gasteiger partial charge in [-0.3, -0.25) is 4.79 Å². The number of carbonyl (C=O) groups is 1. The summed E-state index contributed by atoms with van der Waals surface area (Å²) < 4.78 is 5.36. The molecule has 0 unspecified atom stereocenters. The number of nitrogens with one attached hydrogen (secondary N) is 1. The molecule has 1 rings (SSSR count). The van der Waals surface area contributed by atoms with Crippen molar-refractivity contribution in [2.45, 2.75) is 32.8 Å². The fraction of sp³-hybridized carbons (Fsp3) is 0.462. The fourth-order valence-electron chi connectivity index (χ4n) is 1.34. The van der Waals surface area contributed by atoms with E-state index in [1.54, 1.807) is 24.3 Å². The summed E-state index contributed by atoms with van der Waals surface area (Å²) in [5.41, 5.74) is 7.02. The maximum absolute atomic E-state index is 11.5. The number of hydrogen-bond acceptors (Lipinski definition) is 3. The molecule has 0 saturated heterocycles. The van der Waals surface area contributed by atoms with Crippen LogP contribution in [-0.4, -0.2) is 18.6 Å². The van der Waals surface area contributed by atoms with E-state index in [-0.39, 0.29) is 12.0 Å². The molecule has 0 aliphatic carbocycles. The van der Waals surface area contributed by atoms with Gasteiger partial charge in [-0.15, -0.1) is 0 Å². The van der Waals surface area contributed by atoms with Crippen molar-refractivity contribution in [3.05, 3.63) is 24.3 Å². The van der Waals surface area contributed by atoms with Crippen LogP contribution in [0.3, 0.4) is 0 Å². The Morgan fingerprint density at radius 2 is 2.00 bits per heavy atom. The Labute approximate surface area is 102 Å². The van der Waals surface area contributed by atoms with Crippen LogP contribution >= 0.6 is 0 Å². The van der Waals surface area contributed by atoms with Gasteiger partial charge in [-0.1, -0.05) is 0 Å². The Balaban J connectivity index is 2.23. The van der Waals surface area contributed by atoms with Crippen molar-refractivity contribution in [3.63, 3.8) is 0 Å². The molecule has 1 aromatic carbocycles. The number of rotatable bonds is 6. The predicted molar refractivity (Wildman–Crippen MR) is 69.8 cm³/mol. The summed E-state index contributed by atoms with van der Waals surface area (Å²) in [6.07, 6.45) is 1.42. The van der Waals surface area contributed by atoms with Crippen LogP contribution in [0.4, 0.5) is 11.4 Å². The first-order valence-corrected chi connectivity index (χ1v) is 5.85. The van der Waals surface area contributed by atoms with Crippen molar-refractivity contribution in [2.24, 2.45) is 0 Å². The molecule has 0 atom stereocenters. The minimum Gasteiger partial charge on any atom is -0.399 e. The van der Waals surface area contributed by atoms with Crippen molar-refractivity contribution in [2.75, 3.05) is 17.7 Å². The zero-order chi connectivity index (χ0) is 12.7. The molecule has 0 fully saturated rings. The van der Waals surface area contributed by atoms with Crippen LogP contribution in [0.5, 0.6) is 0 Å². The number of ether oxygens (including phenoxy) is 1. The number of nitrogen functional groups attached to an aromatic ring is 1. The maximum Gasteiger partial charge on any atom is 0.224 e. The largest absolute Gasteiger partial charge is 0.399 e. The highest BCUT2D eigenvalue weighted by atomic mass is 16.5. The average molecular weight is 236 g/mol. The Morgan fingerprint density at radius 1 is 1.35 bits per heavy atom. The first-order chi connectivity index (χ1) is 8.08. The van der Waals surface area contributed by atoms with Crippen molar-refractivity contribution in [1.82, 2.24) is 0 Å². The highest BCUT2D eigenvalue weighted by molar-refractivity contribution is 5.90. The molecular weight excluding hydrogens is 216 g/mol. The molecule has 1 amide bonds. The van der Waals surface area contributed by atoms with Crippen LogP contribution in [0, 0.1) is 0 Å². The second-order valence-corrected chi connectivity index (χ2v) is 4.19. The molecule has 0 aliphatic rings. The Bertz CT molecular complexity index is 347. The van der Waals surface area contributed by atoms with Crippen LogP contribution in [-0.2, 0) is 9.53 Å². The minimum atomic E-state index is 0.00197. The smallest absolute Gasteiger partial charge is 0.224 e. The van der Waals surface area contributed by atoms with E-state index < -0.39 is 0 Å². The van der Waals surface area contributed by atoms with Gasteiger partial charge in [0.1, 0.15) is 0 Å². The molecule has 4 heteroatoms. The summed E-state index contributed by atoms with van der Waals surface area (Å²) in [5.74, 6) is 0.00197. The van der Waals surface area contributed by atoms with Gasteiger partial charge in [0.15, 0.2) is 0 Å². The van der Waals surface area contributed by atoms with Gasteiger partial charge in [-0.2, -0.15) is 0 Å². The minimum absolute atomic E-state index is 0.00197. The van der Waals surface area contributed by atoms with Crippen molar-refractivity contribution in [1.29, 1.82) is 0 Å². The number of amides is 1. The third kappa shape index (κ3) is 5.92. The van der Waals surface area contributed by atoms with Crippen LogP contribution in [0.25, 0.3) is 0 Å². The van der Waals surface area contributed by atoms with Gasteiger partial charge < -0.3 is 15.8 Å². The highest BCUT2D eigenvalue weighted by Crippen LogP contribution is 2.10. The lowest BCUT2D eigenvalue weighted by atomic mass is 10.2. The molecule has 1 aromatic rings. The predicted octanol–water partition coefficient (Wildman–Crippen LogP) is 2.41. The van der Waals surface area contributed by atoms with Crippen molar-refractivity contribution < 1.29 is 9.53 Å². The molecule has 17 heavy (non-hydrogen) atoms. The Morgan fingerprint density at radius 3 is 2.59 bits per heavy atom. The SMILES string of the molecule is CC(C)OCCCC(=O)Nc1ccc(N)cc1. The van der Waals surface area contributed by atoms with Gasteiger partial charge >= 0.3 is 0 Å². The molecule has 0 heterocycles. The topological polar surface area (TPSA) is 64.3 Å². The standard InChI is InChI=1S/C13H20N2O2/c1-10(2)17-9-3-4-13(16)15-12-7-5-11(14)6-8-12/h5-8,10H,3-4,9,14H2,1-2H3,(H,15,16). The van der Waals surface area contributed by atoms with E-state index in [2.05, 4.69) is 5.32 Å². The van der Waals surface area contributed by atoms with Crippen LogP contribution in [0.15, 0.2) is 24.3 Å². The van der Waals surface area contributed by atoms with Gasteiger partial charge in [0.2, 0.25) is 5.91 Å². The van der Waals surface area contributed by atoms with E-state index >= 15 is 0 Å². The summed E-state index contributed by atoms with van der Waals surface area (Å²) in [7, 11) is 0. The number of hydrogen-bond donors (Lipinski definition) is 2. The number of carbonyl (C=O) groups excluding carboxylic acids is 1. The molecule has 94 valence electrons. The Hall–Kier alpha value is -1.55.